The van der Waals surface area contributed by atoms with Crippen LogP contribution >= 0.6 is 0 Å². The number of aromatic amines is 1. The number of benzene rings is 2. The maximum Gasteiger partial charge on any atom is 0.225 e. The van der Waals surface area contributed by atoms with E-state index >= 15 is 0 Å². The van der Waals surface area contributed by atoms with Gasteiger partial charge in [0.2, 0.25) is 5.95 Å². The average molecular weight is 344 g/mol. The zero-order chi connectivity index (χ0) is 17.7. The van der Waals surface area contributed by atoms with Crippen LogP contribution in [0.5, 0.6) is 11.5 Å². The molecule has 26 heavy (non-hydrogen) atoms. The Morgan fingerprint density at radius 3 is 2.81 bits per heavy atom. The molecule has 3 heterocycles. The summed E-state index contributed by atoms with van der Waals surface area (Å²) >= 11 is 0. The number of fused-ring (bicyclic) bond motifs is 1. The maximum absolute atomic E-state index is 6.20. The molecule has 0 saturated carbocycles. The van der Waals surface area contributed by atoms with Gasteiger partial charge in [0, 0.05) is 25.9 Å². The average Bonchev–Trinajstić information content (AvgIpc) is 2.98. The van der Waals surface area contributed by atoms with Gasteiger partial charge in [0.1, 0.15) is 5.75 Å². The molecule has 7 nitrogen and oxygen atoms in total. The molecule has 2 N–H and O–H groups in total. The first-order valence-electron chi connectivity index (χ1n) is 8.26. The fourth-order valence-electron chi connectivity index (χ4n) is 3.07. The number of ether oxygens (including phenoxy) is 1. The van der Waals surface area contributed by atoms with E-state index in [0.29, 0.717) is 5.95 Å². The van der Waals surface area contributed by atoms with E-state index in [0.717, 1.165) is 45.2 Å². The Balaban J connectivity index is 1.70. The van der Waals surface area contributed by atoms with E-state index < -0.39 is 0 Å². The van der Waals surface area contributed by atoms with Crippen LogP contribution in [0.3, 0.4) is 0 Å². The monoisotopic (exact) mass is 344 g/mol. The van der Waals surface area contributed by atoms with Crippen molar-refractivity contribution in [2.45, 2.75) is 0 Å². The Labute approximate surface area is 149 Å². The predicted octanol–water partition coefficient (Wildman–Crippen LogP) is 3.94. The Bertz CT molecular complexity index is 1130. The minimum Gasteiger partial charge on any atom is -0.454 e. The Kier molecular flexibility index (Phi) is 3.08. The van der Waals surface area contributed by atoms with Crippen LogP contribution in [0.15, 0.2) is 48.7 Å². The van der Waals surface area contributed by atoms with Crippen molar-refractivity contribution in [2.75, 3.05) is 24.3 Å². The summed E-state index contributed by atoms with van der Waals surface area (Å²) in [5.41, 5.74) is 3.54. The van der Waals surface area contributed by atoms with Crippen LogP contribution in [0.25, 0.3) is 22.2 Å². The van der Waals surface area contributed by atoms with E-state index in [9.17, 15) is 0 Å². The molecule has 2 aromatic carbocycles. The summed E-state index contributed by atoms with van der Waals surface area (Å²) in [6, 6.07) is 13.7. The van der Waals surface area contributed by atoms with Gasteiger partial charge in [-0.2, -0.15) is 5.10 Å². The normalized spacial score (nSPS) is 12.1. The van der Waals surface area contributed by atoms with Crippen molar-refractivity contribution in [3.8, 4) is 22.8 Å². The highest BCUT2D eigenvalue weighted by molar-refractivity contribution is 6.00. The maximum atomic E-state index is 6.20. The second-order valence-corrected chi connectivity index (χ2v) is 6.33. The van der Waals surface area contributed by atoms with Gasteiger partial charge in [-0.1, -0.05) is 12.1 Å². The summed E-state index contributed by atoms with van der Waals surface area (Å²) in [5, 5.41) is 11.7. The summed E-state index contributed by atoms with van der Waals surface area (Å²) in [6.07, 6.45) is 1.76. The van der Waals surface area contributed by atoms with Gasteiger partial charge in [-0.05, 0) is 30.3 Å². The molecular weight excluding hydrogens is 328 g/mol. The van der Waals surface area contributed by atoms with Gasteiger partial charge >= 0.3 is 0 Å². The van der Waals surface area contributed by atoms with Gasteiger partial charge < -0.3 is 15.0 Å². The number of para-hydroxylation sites is 2. The molecule has 0 unspecified atom stereocenters. The highest BCUT2D eigenvalue weighted by Crippen LogP contribution is 2.43. The molecule has 1 aliphatic heterocycles. The first kappa shape index (κ1) is 14.7. The van der Waals surface area contributed by atoms with E-state index in [4.69, 9.17) is 4.74 Å². The van der Waals surface area contributed by atoms with Crippen molar-refractivity contribution in [3.05, 3.63) is 48.7 Å². The lowest BCUT2D eigenvalue weighted by Gasteiger charge is -2.12. The minimum atomic E-state index is 0.659. The van der Waals surface area contributed by atoms with Gasteiger partial charge in [-0.25, -0.2) is 9.97 Å². The standard InChI is InChI=1S/C19H16N6O/c1-25(2)19-20-8-7-12(22-19)11-9-14-17-16(10-11)26-15-6-4-3-5-13(15)21-18(17)24-23-14/h3-10H,1-2H3,(H2,21,23,24). The molecule has 7 heteroatoms. The van der Waals surface area contributed by atoms with Crippen LogP contribution in [0.1, 0.15) is 0 Å². The van der Waals surface area contributed by atoms with Crippen molar-refractivity contribution in [1.82, 2.24) is 20.2 Å². The summed E-state index contributed by atoms with van der Waals surface area (Å²) in [5.74, 6) is 2.92. The molecule has 2 aromatic heterocycles. The highest BCUT2D eigenvalue weighted by atomic mass is 16.5. The van der Waals surface area contributed by atoms with E-state index in [-0.39, 0.29) is 0 Å². The van der Waals surface area contributed by atoms with Gasteiger partial charge in [0.25, 0.3) is 0 Å². The highest BCUT2D eigenvalue weighted by Gasteiger charge is 2.20. The molecule has 4 aromatic rings. The lowest BCUT2D eigenvalue weighted by molar-refractivity contribution is 0.492. The third kappa shape index (κ3) is 2.25. The van der Waals surface area contributed by atoms with Crippen molar-refractivity contribution < 1.29 is 4.74 Å². The van der Waals surface area contributed by atoms with Gasteiger partial charge in [-0.3, -0.25) is 5.10 Å². The lowest BCUT2D eigenvalue weighted by atomic mass is 10.1. The molecule has 0 aliphatic carbocycles. The molecular formula is C19H16N6O. The number of rotatable bonds is 2. The topological polar surface area (TPSA) is 79.0 Å². The van der Waals surface area contributed by atoms with E-state index in [1.807, 2.05) is 61.5 Å². The van der Waals surface area contributed by atoms with Crippen molar-refractivity contribution in [2.24, 2.45) is 0 Å². The summed E-state index contributed by atoms with van der Waals surface area (Å²) in [4.78, 5) is 10.8. The Morgan fingerprint density at radius 1 is 1.04 bits per heavy atom. The Morgan fingerprint density at radius 2 is 1.92 bits per heavy atom. The van der Waals surface area contributed by atoms with Crippen LogP contribution in [-0.2, 0) is 0 Å². The molecule has 0 saturated heterocycles. The summed E-state index contributed by atoms with van der Waals surface area (Å²) in [7, 11) is 3.84. The van der Waals surface area contributed by atoms with E-state index in [1.54, 1.807) is 6.20 Å². The molecule has 5 rings (SSSR count). The molecule has 0 spiro atoms. The van der Waals surface area contributed by atoms with Crippen molar-refractivity contribution in [3.63, 3.8) is 0 Å². The number of hydrogen-bond donors (Lipinski definition) is 2. The third-order valence-corrected chi connectivity index (χ3v) is 4.33. The quantitative estimate of drug-likeness (QED) is 0.505. The van der Waals surface area contributed by atoms with Crippen LogP contribution < -0.4 is 15.0 Å². The fraction of sp³-hybridized carbons (Fsp3) is 0.105. The molecule has 128 valence electrons. The Hall–Kier alpha value is -3.61. The largest absolute Gasteiger partial charge is 0.454 e. The molecule has 0 atom stereocenters. The number of nitrogens with one attached hydrogen (secondary N) is 2. The van der Waals surface area contributed by atoms with Crippen LogP contribution in [0, 0.1) is 0 Å². The van der Waals surface area contributed by atoms with Crippen LogP contribution in [-0.4, -0.2) is 34.3 Å². The SMILES string of the molecule is CN(C)c1nccc(-c2cc3c4c(n[nH]c4c2)Nc2ccccc2O3)n1. The van der Waals surface area contributed by atoms with Gasteiger partial charge in [0.05, 0.1) is 22.3 Å². The number of aromatic nitrogens is 4. The van der Waals surface area contributed by atoms with E-state index in [2.05, 4.69) is 25.5 Å². The summed E-state index contributed by atoms with van der Waals surface area (Å²) < 4.78 is 6.20. The molecule has 0 radical (unpaired) electrons. The van der Waals surface area contributed by atoms with Crippen molar-refractivity contribution in [1.29, 1.82) is 0 Å². The van der Waals surface area contributed by atoms with E-state index in [1.165, 1.54) is 0 Å². The zero-order valence-corrected chi connectivity index (χ0v) is 14.3. The number of anilines is 3. The molecule has 0 fully saturated rings. The summed E-state index contributed by atoms with van der Waals surface area (Å²) in [6.45, 7) is 0. The number of H-pyrrole nitrogens is 1. The van der Waals surface area contributed by atoms with Crippen molar-refractivity contribution >= 4 is 28.4 Å². The van der Waals surface area contributed by atoms with Gasteiger partial charge in [-0.15, -0.1) is 0 Å². The second-order valence-electron chi connectivity index (χ2n) is 6.33. The number of hydrogen-bond acceptors (Lipinski definition) is 6. The van der Waals surface area contributed by atoms with Crippen LogP contribution in [0.4, 0.5) is 17.5 Å². The fourth-order valence-corrected chi connectivity index (χ4v) is 3.07. The first-order chi connectivity index (χ1) is 12.7. The van der Waals surface area contributed by atoms with Crippen LogP contribution in [0.2, 0.25) is 0 Å². The molecule has 0 amide bonds. The predicted molar refractivity (Wildman–Crippen MR) is 101 cm³/mol. The van der Waals surface area contributed by atoms with Gasteiger partial charge in [0.15, 0.2) is 11.6 Å². The first-order valence-corrected chi connectivity index (χ1v) is 8.26. The third-order valence-electron chi connectivity index (χ3n) is 4.33. The molecule has 0 bridgehead atoms. The lowest BCUT2D eigenvalue weighted by Crippen LogP contribution is -2.12. The minimum absolute atomic E-state index is 0.659. The second kappa shape index (κ2) is 5.45. The number of nitrogens with zero attached hydrogens (tertiary/aromatic N) is 4. The zero-order valence-electron chi connectivity index (χ0n) is 14.3. The smallest absolute Gasteiger partial charge is 0.225 e. The molecule has 1 aliphatic rings.